The summed E-state index contributed by atoms with van der Waals surface area (Å²) in [5.41, 5.74) is 0.500. The van der Waals surface area contributed by atoms with Crippen molar-refractivity contribution in [2.45, 2.75) is 52.2 Å². The number of fused-ring (bicyclic) bond motifs is 1. The molecular formula is C19H26ClN3O2S. The molecular weight excluding hydrogens is 370 g/mol. The molecule has 0 bridgehead atoms. The lowest BCUT2D eigenvalue weighted by Gasteiger charge is -2.41. The maximum absolute atomic E-state index is 12.4. The Kier molecular flexibility index (Phi) is 5.63. The van der Waals surface area contributed by atoms with E-state index >= 15 is 0 Å². The smallest absolute Gasteiger partial charge is 0.410 e. The van der Waals surface area contributed by atoms with Crippen LogP contribution in [0.25, 0.3) is 10.2 Å². The highest BCUT2D eigenvalue weighted by Crippen LogP contribution is 2.33. The van der Waals surface area contributed by atoms with Gasteiger partial charge in [0.2, 0.25) is 0 Å². The van der Waals surface area contributed by atoms with Gasteiger partial charge in [-0.1, -0.05) is 36.3 Å². The van der Waals surface area contributed by atoms with Gasteiger partial charge in [0.15, 0.2) is 5.13 Å². The Hall–Kier alpha value is -1.53. The molecule has 0 N–H and O–H groups in total. The van der Waals surface area contributed by atoms with Gasteiger partial charge < -0.3 is 14.5 Å². The number of carbonyl (C=O) groups excluding carboxylic acids is 1. The third-order valence-electron chi connectivity index (χ3n) is 4.34. The van der Waals surface area contributed by atoms with Gasteiger partial charge >= 0.3 is 6.09 Å². The average molecular weight is 396 g/mol. The average Bonchev–Trinajstić information content (AvgIpc) is 2.96. The molecule has 2 aromatic rings. The number of rotatable bonds is 3. The standard InChI is InChI=1S/C19H26ClN3O2S/c1-5-6-14-12-22(18(24)25-19(2,3)4)9-10-23(14)17-21-15-8-7-13(20)11-16(15)26-17/h7-8,11,14H,5-6,9-10,12H2,1-4H3/t14-/m0/s1. The minimum absolute atomic E-state index is 0.227. The van der Waals surface area contributed by atoms with Gasteiger partial charge in [0, 0.05) is 30.7 Å². The fourth-order valence-corrected chi connectivity index (χ4v) is 4.53. The number of nitrogens with zero attached hydrogens (tertiary/aromatic N) is 3. The number of anilines is 1. The van der Waals surface area contributed by atoms with Crippen LogP contribution in [0, 0.1) is 0 Å². The molecule has 7 heteroatoms. The van der Waals surface area contributed by atoms with Crippen molar-refractivity contribution in [1.82, 2.24) is 9.88 Å². The lowest BCUT2D eigenvalue weighted by atomic mass is 10.1. The van der Waals surface area contributed by atoms with Crippen LogP contribution >= 0.6 is 22.9 Å². The van der Waals surface area contributed by atoms with Crippen molar-refractivity contribution >= 4 is 44.4 Å². The molecule has 3 rings (SSSR count). The van der Waals surface area contributed by atoms with E-state index in [0.717, 1.165) is 39.8 Å². The Morgan fingerprint density at radius 1 is 1.38 bits per heavy atom. The van der Waals surface area contributed by atoms with Gasteiger partial charge in [0.05, 0.1) is 10.2 Å². The summed E-state index contributed by atoms with van der Waals surface area (Å²) in [6, 6.07) is 6.04. The first kappa shape index (κ1) is 19.2. The minimum atomic E-state index is -0.471. The quantitative estimate of drug-likeness (QED) is 0.718. The maximum Gasteiger partial charge on any atom is 0.410 e. The SMILES string of the molecule is CCC[C@H]1CN(C(=O)OC(C)(C)C)CCN1c1nc2ccc(Cl)cc2s1. The van der Waals surface area contributed by atoms with Crippen LogP contribution in [0.4, 0.5) is 9.93 Å². The van der Waals surface area contributed by atoms with E-state index in [2.05, 4.69) is 11.8 Å². The summed E-state index contributed by atoms with van der Waals surface area (Å²) in [5.74, 6) is 0. The van der Waals surface area contributed by atoms with Crippen molar-refractivity contribution < 1.29 is 9.53 Å². The predicted molar refractivity (Wildman–Crippen MR) is 108 cm³/mol. The first-order valence-electron chi connectivity index (χ1n) is 9.07. The molecule has 2 heterocycles. The fraction of sp³-hybridized carbons (Fsp3) is 0.579. The van der Waals surface area contributed by atoms with Crippen LogP contribution in [-0.4, -0.2) is 47.3 Å². The molecule has 0 saturated carbocycles. The van der Waals surface area contributed by atoms with E-state index in [4.69, 9.17) is 21.3 Å². The largest absolute Gasteiger partial charge is 0.444 e. The predicted octanol–water partition coefficient (Wildman–Crippen LogP) is 5.18. The highest BCUT2D eigenvalue weighted by molar-refractivity contribution is 7.22. The molecule has 5 nitrogen and oxygen atoms in total. The number of hydrogen-bond acceptors (Lipinski definition) is 5. The number of thiazole rings is 1. The van der Waals surface area contributed by atoms with Gasteiger partial charge in [-0.25, -0.2) is 9.78 Å². The van der Waals surface area contributed by atoms with Crippen molar-refractivity contribution in [3.63, 3.8) is 0 Å². The van der Waals surface area contributed by atoms with E-state index < -0.39 is 5.60 Å². The summed E-state index contributed by atoms with van der Waals surface area (Å²) in [6.45, 7) is 9.94. The van der Waals surface area contributed by atoms with Crippen LogP contribution in [0.1, 0.15) is 40.5 Å². The number of ether oxygens (including phenoxy) is 1. The molecule has 1 aliphatic heterocycles. The van der Waals surface area contributed by atoms with Crippen molar-refractivity contribution in [2.75, 3.05) is 24.5 Å². The summed E-state index contributed by atoms with van der Waals surface area (Å²) >= 11 is 7.77. The lowest BCUT2D eigenvalue weighted by molar-refractivity contribution is 0.0212. The Labute approximate surface area is 163 Å². The summed E-state index contributed by atoms with van der Waals surface area (Å²) in [5, 5.41) is 1.73. The first-order chi connectivity index (χ1) is 12.3. The summed E-state index contributed by atoms with van der Waals surface area (Å²) < 4.78 is 6.64. The molecule has 1 fully saturated rings. The van der Waals surface area contributed by atoms with Crippen LogP contribution in [0.2, 0.25) is 5.02 Å². The Balaban J connectivity index is 1.78. The topological polar surface area (TPSA) is 45.7 Å². The third-order valence-corrected chi connectivity index (χ3v) is 5.63. The lowest BCUT2D eigenvalue weighted by Crippen LogP contribution is -2.55. The number of amides is 1. The van der Waals surface area contributed by atoms with E-state index in [9.17, 15) is 4.79 Å². The molecule has 26 heavy (non-hydrogen) atoms. The maximum atomic E-state index is 12.4. The van der Waals surface area contributed by atoms with Gasteiger partial charge in [-0.15, -0.1) is 0 Å². The van der Waals surface area contributed by atoms with Crippen LogP contribution in [-0.2, 0) is 4.74 Å². The van der Waals surface area contributed by atoms with Crippen molar-refractivity contribution in [2.24, 2.45) is 0 Å². The van der Waals surface area contributed by atoms with Crippen LogP contribution < -0.4 is 4.90 Å². The Morgan fingerprint density at radius 2 is 2.15 bits per heavy atom. The highest BCUT2D eigenvalue weighted by atomic mass is 35.5. The van der Waals surface area contributed by atoms with E-state index in [1.165, 1.54) is 0 Å². The van der Waals surface area contributed by atoms with E-state index in [-0.39, 0.29) is 12.1 Å². The third kappa shape index (κ3) is 4.41. The second kappa shape index (κ2) is 7.61. The van der Waals surface area contributed by atoms with Gasteiger partial charge in [-0.05, 0) is 45.4 Å². The Bertz CT molecular complexity index is 787. The first-order valence-corrected chi connectivity index (χ1v) is 10.3. The molecule has 1 amide bonds. The van der Waals surface area contributed by atoms with E-state index in [1.54, 1.807) is 11.3 Å². The number of halogens is 1. The molecule has 1 saturated heterocycles. The molecule has 0 radical (unpaired) electrons. The molecule has 1 atom stereocenters. The van der Waals surface area contributed by atoms with E-state index in [0.29, 0.717) is 13.1 Å². The zero-order valence-corrected chi connectivity index (χ0v) is 17.4. The molecule has 0 spiro atoms. The summed E-state index contributed by atoms with van der Waals surface area (Å²) in [6.07, 6.45) is 1.84. The molecule has 1 aliphatic rings. The fourth-order valence-electron chi connectivity index (χ4n) is 3.19. The second-order valence-corrected chi connectivity index (χ2v) is 9.12. The van der Waals surface area contributed by atoms with Crippen LogP contribution in [0.5, 0.6) is 0 Å². The molecule has 0 unspecified atom stereocenters. The zero-order valence-electron chi connectivity index (χ0n) is 15.8. The van der Waals surface area contributed by atoms with Gasteiger partial charge in [-0.2, -0.15) is 0 Å². The normalized spacial score (nSPS) is 18.4. The number of piperazine rings is 1. The van der Waals surface area contributed by atoms with Crippen LogP contribution in [0.3, 0.4) is 0 Å². The molecule has 1 aromatic carbocycles. The molecule has 0 aliphatic carbocycles. The van der Waals surface area contributed by atoms with E-state index in [1.807, 2.05) is 43.9 Å². The van der Waals surface area contributed by atoms with Crippen molar-refractivity contribution in [1.29, 1.82) is 0 Å². The Morgan fingerprint density at radius 3 is 2.85 bits per heavy atom. The van der Waals surface area contributed by atoms with Gasteiger partial charge in [-0.3, -0.25) is 0 Å². The molecule has 142 valence electrons. The highest BCUT2D eigenvalue weighted by Gasteiger charge is 2.32. The number of benzene rings is 1. The number of aromatic nitrogens is 1. The van der Waals surface area contributed by atoms with Crippen molar-refractivity contribution in [3.05, 3.63) is 23.2 Å². The molecule has 1 aromatic heterocycles. The minimum Gasteiger partial charge on any atom is -0.444 e. The summed E-state index contributed by atoms with van der Waals surface area (Å²) in [7, 11) is 0. The zero-order chi connectivity index (χ0) is 18.9. The summed E-state index contributed by atoms with van der Waals surface area (Å²) in [4.78, 5) is 21.4. The number of hydrogen-bond donors (Lipinski definition) is 0. The monoisotopic (exact) mass is 395 g/mol. The second-order valence-electron chi connectivity index (χ2n) is 7.67. The van der Waals surface area contributed by atoms with Gasteiger partial charge in [0.25, 0.3) is 0 Å². The van der Waals surface area contributed by atoms with Crippen molar-refractivity contribution in [3.8, 4) is 0 Å². The van der Waals surface area contributed by atoms with Crippen LogP contribution in [0.15, 0.2) is 18.2 Å². The number of carbonyl (C=O) groups is 1. The van der Waals surface area contributed by atoms with Gasteiger partial charge in [0.1, 0.15) is 5.60 Å².